The highest BCUT2D eigenvalue weighted by Gasteiger charge is 2.58. The Morgan fingerprint density at radius 1 is 1.39 bits per heavy atom. The van der Waals surface area contributed by atoms with E-state index in [9.17, 15) is 23.4 Å². The van der Waals surface area contributed by atoms with Gasteiger partial charge in [-0.2, -0.15) is 13.2 Å². The lowest BCUT2D eigenvalue weighted by Gasteiger charge is -2.42. The summed E-state index contributed by atoms with van der Waals surface area (Å²) in [7, 11) is 0. The number of anilines is 1. The summed E-state index contributed by atoms with van der Waals surface area (Å²) in [5.41, 5.74) is -2.16. The number of alkyl halides is 3. The van der Waals surface area contributed by atoms with Crippen molar-refractivity contribution >= 4 is 5.82 Å². The van der Waals surface area contributed by atoms with Gasteiger partial charge in [-0.3, -0.25) is 4.98 Å². The number of hydrogen-bond acceptors (Lipinski definition) is 7. The molecule has 0 amide bonds. The molecule has 1 aromatic heterocycles. The molecule has 0 radical (unpaired) electrons. The van der Waals surface area contributed by atoms with Crippen molar-refractivity contribution in [2.24, 2.45) is 0 Å². The van der Waals surface area contributed by atoms with Gasteiger partial charge in [0.15, 0.2) is 12.0 Å². The van der Waals surface area contributed by atoms with Crippen molar-refractivity contribution in [1.82, 2.24) is 9.97 Å². The summed E-state index contributed by atoms with van der Waals surface area (Å²) in [6.45, 7) is 1.88. The van der Waals surface area contributed by atoms with Gasteiger partial charge in [-0.25, -0.2) is 4.98 Å². The van der Waals surface area contributed by atoms with Crippen LogP contribution in [-0.4, -0.2) is 56.9 Å². The highest BCUT2D eigenvalue weighted by atomic mass is 19.4. The number of ether oxygens (including phenoxy) is 2. The number of nitrogens with one attached hydrogen (secondary N) is 1. The Hall–Kier alpha value is -1.49. The second-order valence-electron chi connectivity index (χ2n) is 5.61. The molecular weight excluding hydrogens is 319 g/mol. The maximum Gasteiger partial charge on any atom is 0.434 e. The molecule has 2 bridgehead atoms. The maximum absolute atomic E-state index is 12.7. The second kappa shape index (κ2) is 5.55. The van der Waals surface area contributed by atoms with Crippen LogP contribution in [0.25, 0.3) is 0 Å². The van der Waals surface area contributed by atoms with Crippen LogP contribution in [0.1, 0.15) is 19.0 Å². The van der Waals surface area contributed by atoms with E-state index < -0.39 is 42.0 Å². The van der Waals surface area contributed by atoms with Gasteiger partial charge in [-0.15, -0.1) is 0 Å². The predicted molar refractivity (Wildman–Crippen MR) is 70.3 cm³/mol. The summed E-state index contributed by atoms with van der Waals surface area (Å²) in [6.07, 6.45) is -5.93. The average molecular weight is 335 g/mol. The number of rotatable bonds is 3. The largest absolute Gasteiger partial charge is 0.434 e. The number of aromatic nitrogens is 2. The van der Waals surface area contributed by atoms with Gasteiger partial charge in [0.05, 0.1) is 19.0 Å². The molecule has 3 rings (SSSR count). The van der Waals surface area contributed by atoms with Crippen molar-refractivity contribution in [1.29, 1.82) is 0 Å². The highest BCUT2D eigenvalue weighted by molar-refractivity contribution is 5.35. The third kappa shape index (κ3) is 2.75. The lowest BCUT2D eigenvalue weighted by molar-refractivity contribution is -0.215. The number of halogens is 3. The maximum atomic E-state index is 12.7. The fourth-order valence-corrected chi connectivity index (χ4v) is 2.81. The molecule has 23 heavy (non-hydrogen) atoms. The van der Waals surface area contributed by atoms with Crippen molar-refractivity contribution in [3.63, 3.8) is 0 Å². The number of aliphatic hydroxyl groups excluding tert-OH is 2. The molecule has 2 aliphatic rings. The Balaban J connectivity index is 1.81. The minimum Gasteiger partial charge on any atom is -0.388 e. The Labute approximate surface area is 129 Å². The number of nitrogens with zero attached hydrogens (tertiary/aromatic N) is 2. The van der Waals surface area contributed by atoms with Crippen LogP contribution in [0.15, 0.2) is 12.4 Å². The van der Waals surface area contributed by atoms with Crippen LogP contribution in [-0.2, 0) is 15.7 Å². The van der Waals surface area contributed by atoms with Crippen LogP contribution < -0.4 is 5.32 Å². The van der Waals surface area contributed by atoms with Gasteiger partial charge in [0.1, 0.15) is 29.7 Å². The van der Waals surface area contributed by atoms with Gasteiger partial charge < -0.3 is 25.0 Å². The third-order valence-corrected chi connectivity index (χ3v) is 4.20. The highest BCUT2D eigenvalue weighted by Crippen LogP contribution is 2.39. The molecule has 3 heterocycles. The average Bonchev–Trinajstić information content (AvgIpc) is 2.92. The van der Waals surface area contributed by atoms with Gasteiger partial charge in [-0.1, -0.05) is 6.92 Å². The normalized spacial score (nSPS) is 37.0. The molecular formula is C13H16F3N3O4. The molecule has 3 N–H and O–H groups in total. The van der Waals surface area contributed by atoms with E-state index in [2.05, 4.69) is 15.3 Å². The van der Waals surface area contributed by atoms with Gasteiger partial charge in [0, 0.05) is 0 Å². The van der Waals surface area contributed by atoms with Crippen molar-refractivity contribution in [2.45, 2.75) is 49.7 Å². The SMILES string of the molecule is CC[C@@]12CO[C@@H](O1)[C@H](Nc1cncc(C(F)(F)F)n1)[C@@H](O)[C@H]2O. The minimum absolute atomic E-state index is 0.0961. The molecule has 0 aromatic carbocycles. The Morgan fingerprint density at radius 3 is 2.78 bits per heavy atom. The zero-order valence-electron chi connectivity index (χ0n) is 12.1. The van der Waals surface area contributed by atoms with Gasteiger partial charge in [-0.05, 0) is 6.42 Å². The lowest BCUT2D eigenvalue weighted by atomic mass is 9.86. The van der Waals surface area contributed by atoms with Crippen molar-refractivity contribution in [2.75, 3.05) is 11.9 Å². The summed E-state index contributed by atoms with van der Waals surface area (Å²) in [5.74, 6) is -0.195. The molecule has 1 aromatic rings. The molecule has 0 saturated carbocycles. The van der Waals surface area contributed by atoms with E-state index >= 15 is 0 Å². The molecule has 2 fully saturated rings. The fraction of sp³-hybridized carbons (Fsp3) is 0.692. The molecule has 2 aliphatic heterocycles. The Kier molecular flexibility index (Phi) is 3.95. The van der Waals surface area contributed by atoms with E-state index in [1.54, 1.807) is 6.92 Å². The zero-order chi connectivity index (χ0) is 16.8. The van der Waals surface area contributed by atoms with Crippen LogP contribution in [0, 0.1) is 0 Å². The molecule has 5 atom stereocenters. The lowest BCUT2D eigenvalue weighted by Crippen LogP contribution is -2.62. The smallest absolute Gasteiger partial charge is 0.388 e. The van der Waals surface area contributed by atoms with E-state index in [0.29, 0.717) is 12.6 Å². The quantitative estimate of drug-likeness (QED) is 0.741. The van der Waals surface area contributed by atoms with E-state index in [0.717, 1.165) is 6.20 Å². The molecule has 10 heteroatoms. The summed E-state index contributed by atoms with van der Waals surface area (Å²) in [6, 6.07) is -0.968. The number of aliphatic hydroxyl groups is 2. The minimum atomic E-state index is -4.63. The summed E-state index contributed by atoms with van der Waals surface area (Å²) in [4.78, 5) is 6.90. The summed E-state index contributed by atoms with van der Waals surface area (Å²) in [5, 5.41) is 23.1. The first-order valence-electron chi connectivity index (χ1n) is 7.08. The predicted octanol–water partition coefficient (Wildman–Crippen LogP) is 0.533. The monoisotopic (exact) mass is 335 g/mol. The molecule has 7 nitrogen and oxygen atoms in total. The van der Waals surface area contributed by atoms with Crippen LogP contribution >= 0.6 is 0 Å². The van der Waals surface area contributed by atoms with Gasteiger partial charge in [0.2, 0.25) is 0 Å². The van der Waals surface area contributed by atoms with E-state index in [-0.39, 0.29) is 12.4 Å². The number of fused-ring (bicyclic) bond motifs is 2. The van der Waals surface area contributed by atoms with Crippen molar-refractivity contribution in [3.05, 3.63) is 18.1 Å². The van der Waals surface area contributed by atoms with E-state index in [1.807, 2.05) is 0 Å². The van der Waals surface area contributed by atoms with Crippen LogP contribution in [0.4, 0.5) is 19.0 Å². The van der Waals surface area contributed by atoms with Crippen LogP contribution in [0.3, 0.4) is 0 Å². The standard InChI is InChI=1S/C13H16F3N3O4/c1-2-12-5-22-11(23-12)8(9(20)10(12)21)19-7-4-17-3-6(18-7)13(14,15)16/h3-4,8-11,20-21H,2,5H2,1H3,(H,18,19)/t8-,9-,10-,11+,12+/m1/s1. The second-order valence-corrected chi connectivity index (χ2v) is 5.61. The van der Waals surface area contributed by atoms with E-state index in [1.165, 1.54) is 0 Å². The summed E-state index contributed by atoms with van der Waals surface area (Å²) < 4.78 is 49.0. The third-order valence-electron chi connectivity index (χ3n) is 4.20. The summed E-state index contributed by atoms with van der Waals surface area (Å²) >= 11 is 0. The van der Waals surface area contributed by atoms with Crippen LogP contribution in [0.5, 0.6) is 0 Å². The Bertz CT molecular complexity index is 588. The van der Waals surface area contributed by atoms with Gasteiger partial charge >= 0.3 is 6.18 Å². The van der Waals surface area contributed by atoms with Crippen molar-refractivity contribution < 1.29 is 32.9 Å². The fourth-order valence-electron chi connectivity index (χ4n) is 2.81. The van der Waals surface area contributed by atoms with Gasteiger partial charge in [0.25, 0.3) is 0 Å². The molecule has 0 aliphatic carbocycles. The molecule has 0 spiro atoms. The first-order valence-corrected chi connectivity index (χ1v) is 7.08. The molecule has 2 saturated heterocycles. The van der Waals surface area contributed by atoms with Crippen LogP contribution in [0.2, 0.25) is 0 Å². The Morgan fingerprint density at radius 2 is 2.13 bits per heavy atom. The molecule has 128 valence electrons. The topological polar surface area (TPSA) is 96.7 Å². The van der Waals surface area contributed by atoms with E-state index in [4.69, 9.17) is 9.47 Å². The zero-order valence-corrected chi connectivity index (χ0v) is 12.1. The molecule has 0 unspecified atom stereocenters. The number of hydrogen-bond donors (Lipinski definition) is 3. The van der Waals surface area contributed by atoms with Crippen molar-refractivity contribution in [3.8, 4) is 0 Å². The first kappa shape index (κ1) is 16.4. The first-order chi connectivity index (χ1) is 10.8.